The van der Waals surface area contributed by atoms with Crippen LogP contribution in [0.1, 0.15) is 44.4 Å². The highest BCUT2D eigenvalue weighted by Crippen LogP contribution is 2.32. The maximum absolute atomic E-state index is 12.7. The average Bonchev–Trinajstić information content (AvgIpc) is 3.35. The summed E-state index contributed by atoms with van der Waals surface area (Å²) in [7, 11) is 0. The van der Waals surface area contributed by atoms with Crippen LogP contribution in [0, 0.1) is 5.92 Å². The Morgan fingerprint density at radius 3 is 2.71 bits per heavy atom. The molecule has 1 aromatic heterocycles. The molecule has 0 radical (unpaired) electrons. The van der Waals surface area contributed by atoms with E-state index in [0.717, 1.165) is 42.1 Å². The molecule has 4 heteroatoms. The van der Waals surface area contributed by atoms with E-state index in [1.807, 2.05) is 30.3 Å². The van der Waals surface area contributed by atoms with Gasteiger partial charge in [0.05, 0.1) is 6.54 Å². The Morgan fingerprint density at radius 1 is 1.29 bits per heavy atom. The lowest BCUT2D eigenvalue weighted by molar-refractivity contribution is -0.135. The monoisotopic (exact) mass is 344 g/mol. The second-order valence-electron chi connectivity index (χ2n) is 6.72. The summed E-state index contributed by atoms with van der Waals surface area (Å²) in [4.78, 5) is 14.7. The molecule has 0 aliphatic heterocycles. The Hall–Kier alpha value is -1.74. The van der Waals surface area contributed by atoms with Crippen molar-refractivity contribution in [1.82, 2.24) is 9.47 Å². The van der Waals surface area contributed by atoms with E-state index in [0.29, 0.717) is 12.5 Å². The molecular formula is C20H25ClN2O. The number of halogens is 1. The van der Waals surface area contributed by atoms with Crippen LogP contribution >= 0.6 is 11.6 Å². The second kappa shape index (κ2) is 7.43. The van der Waals surface area contributed by atoms with E-state index in [4.69, 9.17) is 11.6 Å². The number of hydrogen-bond acceptors (Lipinski definition) is 1. The summed E-state index contributed by atoms with van der Waals surface area (Å²) in [6, 6.07) is 12.3. The van der Waals surface area contributed by atoms with Crippen LogP contribution < -0.4 is 0 Å². The highest BCUT2D eigenvalue weighted by atomic mass is 35.5. The van der Waals surface area contributed by atoms with Gasteiger partial charge in [0.25, 0.3) is 0 Å². The topological polar surface area (TPSA) is 25.2 Å². The molecule has 128 valence electrons. The van der Waals surface area contributed by atoms with Crippen LogP contribution in [0.2, 0.25) is 5.02 Å². The zero-order chi connectivity index (χ0) is 17.1. The number of hydrogen-bond donors (Lipinski definition) is 0. The Bertz CT molecular complexity index is 705. The molecule has 0 N–H and O–H groups in total. The fourth-order valence-corrected chi connectivity index (χ4v) is 3.16. The average molecular weight is 345 g/mol. The maximum atomic E-state index is 12.7. The lowest BCUT2D eigenvalue weighted by atomic mass is 10.1. The molecule has 2 aromatic rings. The van der Waals surface area contributed by atoms with Crippen LogP contribution in [0.3, 0.4) is 0 Å². The molecule has 3 rings (SSSR count). The van der Waals surface area contributed by atoms with Gasteiger partial charge in [-0.3, -0.25) is 4.79 Å². The number of rotatable bonds is 7. The molecular weight excluding hydrogens is 320 g/mol. The smallest absolute Gasteiger partial charge is 0.226 e. The van der Waals surface area contributed by atoms with Gasteiger partial charge in [-0.1, -0.05) is 36.7 Å². The van der Waals surface area contributed by atoms with E-state index in [1.54, 1.807) is 0 Å². The number of aromatic nitrogens is 1. The highest BCUT2D eigenvalue weighted by Gasteiger charge is 2.35. The Balaban J connectivity index is 1.78. The predicted molar refractivity (Wildman–Crippen MR) is 98.0 cm³/mol. The third-order valence-electron chi connectivity index (χ3n) is 4.89. The quantitative estimate of drug-likeness (QED) is 0.713. The number of carbonyl (C=O) groups excluding carboxylic acids is 1. The van der Waals surface area contributed by atoms with E-state index in [9.17, 15) is 4.79 Å². The Labute approximate surface area is 149 Å². The molecule has 1 aliphatic rings. The summed E-state index contributed by atoms with van der Waals surface area (Å²) in [5.41, 5.74) is 2.25. The van der Waals surface area contributed by atoms with Crippen molar-refractivity contribution in [2.75, 3.05) is 0 Å². The summed E-state index contributed by atoms with van der Waals surface area (Å²) >= 11 is 6.29. The van der Waals surface area contributed by atoms with Gasteiger partial charge in [-0.05, 0) is 49.9 Å². The zero-order valence-electron chi connectivity index (χ0n) is 14.4. The number of benzene rings is 1. The van der Waals surface area contributed by atoms with E-state index in [-0.39, 0.29) is 12.0 Å². The predicted octanol–water partition coefficient (Wildman–Crippen LogP) is 4.73. The van der Waals surface area contributed by atoms with Crippen molar-refractivity contribution in [2.24, 2.45) is 5.92 Å². The molecule has 1 fully saturated rings. The largest absolute Gasteiger partial charge is 0.345 e. The minimum atomic E-state index is 0.256. The Kier molecular flexibility index (Phi) is 5.30. The van der Waals surface area contributed by atoms with Crippen LogP contribution in [0.25, 0.3) is 0 Å². The van der Waals surface area contributed by atoms with Gasteiger partial charge in [-0.25, -0.2) is 0 Å². The molecule has 1 aliphatic carbocycles. The van der Waals surface area contributed by atoms with Gasteiger partial charge in [0.15, 0.2) is 0 Å². The van der Waals surface area contributed by atoms with E-state index < -0.39 is 0 Å². The molecule has 0 bridgehead atoms. The molecule has 1 aromatic carbocycles. The molecule has 1 amide bonds. The first-order valence-corrected chi connectivity index (χ1v) is 9.15. The minimum absolute atomic E-state index is 0.256. The van der Waals surface area contributed by atoms with Crippen LogP contribution in [0.15, 0.2) is 42.6 Å². The lowest BCUT2D eigenvalue weighted by Crippen LogP contribution is -2.39. The first-order chi connectivity index (χ1) is 11.6. The first kappa shape index (κ1) is 17.1. The van der Waals surface area contributed by atoms with Gasteiger partial charge in [-0.2, -0.15) is 0 Å². The third kappa shape index (κ3) is 3.84. The van der Waals surface area contributed by atoms with E-state index >= 15 is 0 Å². The van der Waals surface area contributed by atoms with E-state index in [2.05, 4.69) is 35.6 Å². The number of amides is 1. The summed E-state index contributed by atoms with van der Waals surface area (Å²) < 4.78 is 2.19. The summed E-state index contributed by atoms with van der Waals surface area (Å²) in [6.07, 6.45) is 5.14. The number of nitrogens with zero attached hydrogens (tertiary/aromatic N) is 2. The van der Waals surface area contributed by atoms with E-state index in [1.165, 1.54) is 0 Å². The van der Waals surface area contributed by atoms with Gasteiger partial charge in [0, 0.05) is 35.4 Å². The molecule has 0 saturated heterocycles. The van der Waals surface area contributed by atoms with Crippen LogP contribution in [-0.2, 0) is 17.9 Å². The van der Waals surface area contributed by atoms with Crippen LogP contribution in [0.4, 0.5) is 0 Å². The summed E-state index contributed by atoms with van der Waals surface area (Å²) in [6.45, 7) is 5.68. The zero-order valence-corrected chi connectivity index (χ0v) is 15.2. The normalized spacial score (nSPS) is 15.3. The van der Waals surface area contributed by atoms with Gasteiger partial charge in [0.1, 0.15) is 0 Å². The third-order valence-corrected chi connectivity index (χ3v) is 5.26. The highest BCUT2D eigenvalue weighted by molar-refractivity contribution is 6.31. The summed E-state index contributed by atoms with van der Waals surface area (Å²) in [5, 5.41) is 0.782. The number of carbonyl (C=O) groups is 1. The van der Waals surface area contributed by atoms with Crippen LogP contribution in [-0.4, -0.2) is 21.4 Å². The molecule has 1 saturated carbocycles. The molecule has 1 atom stereocenters. The second-order valence-corrected chi connectivity index (χ2v) is 7.12. The Morgan fingerprint density at radius 2 is 2.04 bits per heavy atom. The van der Waals surface area contributed by atoms with Crippen molar-refractivity contribution in [3.05, 3.63) is 58.9 Å². The fourth-order valence-electron chi connectivity index (χ4n) is 2.97. The maximum Gasteiger partial charge on any atom is 0.226 e. The minimum Gasteiger partial charge on any atom is -0.345 e. The molecule has 3 nitrogen and oxygen atoms in total. The van der Waals surface area contributed by atoms with Crippen molar-refractivity contribution in [3.63, 3.8) is 0 Å². The van der Waals surface area contributed by atoms with Crippen molar-refractivity contribution in [3.8, 4) is 0 Å². The van der Waals surface area contributed by atoms with Gasteiger partial charge < -0.3 is 9.47 Å². The van der Waals surface area contributed by atoms with Crippen molar-refractivity contribution >= 4 is 17.5 Å². The molecule has 0 spiro atoms. The SMILES string of the molecule is CC[C@H](C)N(Cc1cccn1Cc1ccccc1Cl)C(=O)C1CC1. The fraction of sp³-hybridized carbons (Fsp3) is 0.450. The standard InChI is InChI=1S/C20H25ClN2O/c1-3-15(2)23(20(24)16-10-11-16)14-18-8-6-12-22(18)13-17-7-4-5-9-19(17)21/h4-9,12,15-16H,3,10-11,13-14H2,1-2H3/t15-/m0/s1. The molecule has 0 unspecified atom stereocenters. The van der Waals surface area contributed by atoms with Crippen molar-refractivity contribution in [2.45, 2.75) is 52.2 Å². The first-order valence-electron chi connectivity index (χ1n) is 8.78. The van der Waals surface area contributed by atoms with Gasteiger partial charge in [0.2, 0.25) is 5.91 Å². The molecule has 1 heterocycles. The molecule has 24 heavy (non-hydrogen) atoms. The van der Waals surface area contributed by atoms with Crippen LogP contribution in [0.5, 0.6) is 0 Å². The van der Waals surface area contributed by atoms with Gasteiger partial charge in [-0.15, -0.1) is 0 Å². The lowest BCUT2D eigenvalue weighted by Gasteiger charge is -2.29. The van der Waals surface area contributed by atoms with Crippen molar-refractivity contribution < 1.29 is 4.79 Å². The van der Waals surface area contributed by atoms with Crippen molar-refractivity contribution in [1.29, 1.82) is 0 Å². The summed E-state index contributed by atoms with van der Waals surface area (Å²) in [5.74, 6) is 0.570. The van der Waals surface area contributed by atoms with Gasteiger partial charge >= 0.3 is 0 Å².